The normalized spacial score (nSPS) is 15.1. The Kier molecular flexibility index (Phi) is 7.57. The minimum absolute atomic E-state index is 0.731. The van der Waals surface area contributed by atoms with E-state index in [0.29, 0.717) is 0 Å². The standard InChI is InChI=1S/C20H27Cl2N5S/c1-15-13-16(2)27(24-15)8-4-7-23-20(28)26-11-9-25(10-12-26)14-17-18(21)5-3-6-19(17)22/h3,5-6,13H,4,7-12,14H2,1-2H3,(H,23,28). The summed E-state index contributed by atoms with van der Waals surface area (Å²) in [6.45, 7) is 10.3. The summed E-state index contributed by atoms with van der Waals surface area (Å²) in [6, 6.07) is 7.77. The Morgan fingerprint density at radius 1 is 1.14 bits per heavy atom. The van der Waals surface area contributed by atoms with Crippen molar-refractivity contribution in [2.24, 2.45) is 0 Å². The molecule has 0 aliphatic carbocycles. The molecule has 2 aromatic rings. The number of nitrogens with zero attached hydrogens (tertiary/aromatic N) is 4. The SMILES string of the molecule is Cc1cc(C)n(CCCNC(=S)N2CCN(Cc3c(Cl)cccc3Cl)CC2)n1. The van der Waals surface area contributed by atoms with Crippen LogP contribution in [0.1, 0.15) is 23.4 Å². The highest BCUT2D eigenvalue weighted by Gasteiger charge is 2.20. The van der Waals surface area contributed by atoms with Gasteiger partial charge in [-0.1, -0.05) is 29.3 Å². The van der Waals surface area contributed by atoms with E-state index in [2.05, 4.69) is 37.9 Å². The van der Waals surface area contributed by atoms with Gasteiger partial charge in [0.1, 0.15) is 0 Å². The third kappa shape index (κ3) is 5.60. The van der Waals surface area contributed by atoms with Gasteiger partial charge < -0.3 is 10.2 Å². The van der Waals surface area contributed by atoms with Crippen LogP contribution in [0, 0.1) is 13.8 Å². The zero-order valence-corrected chi connectivity index (χ0v) is 18.7. The van der Waals surface area contributed by atoms with E-state index in [1.807, 2.05) is 25.1 Å². The molecule has 2 heterocycles. The fourth-order valence-corrected chi connectivity index (χ4v) is 4.25. The maximum absolute atomic E-state index is 6.30. The predicted molar refractivity (Wildman–Crippen MR) is 120 cm³/mol. The molecule has 0 saturated carbocycles. The van der Waals surface area contributed by atoms with Crippen molar-refractivity contribution in [3.63, 3.8) is 0 Å². The van der Waals surface area contributed by atoms with Crippen molar-refractivity contribution in [2.75, 3.05) is 32.7 Å². The monoisotopic (exact) mass is 439 g/mol. The van der Waals surface area contributed by atoms with Gasteiger partial charge in [-0.15, -0.1) is 0 Å². The number of nitrogens with one attached hydrogen (secondary N) is 1. The lowest BCUT2D eigenvalue weighted by atomic mass is 10.2. The molecule has 0 atom stereocenters. The van der Waals surface area contributed by atoms with Crippen LogP contribution in [0.4, 0.5) is 0 Å². The lowest BCUT2D eigenvalue weighted by Gasteiger charge is -2.36. The molecule has 28 heavy (non-hydrogen) atoms. The van der Waals surface area contributed by atoms with Gasteiger partial charge in [0.2, 0.25) is 0 Å². The number of benzene rings is 1. The van der Waals surface area contributed by atoms with E-state index in [9.17, 15) is 0 Å². The molecule has 0 spiro atoms. The molecule has 5 nitrogen and oxygen atoms in total. The molecule has 1 aliphatic rings. The first-order chi connectivity index (χ1) is 13.4. The van der Waals surface area contributed by atoms with Gasteiger partial charge >= 0.3 is 0 Å². The summed E-state index contributed by atoms with van der Waals surface area (Å²) in [6.07, 6.45) is 0.993. The van der Waals surface area contributed by atoms with Crippen molar-refractivity contribution in [3.05, 3.63) is 51.3 Å². The van der Waals surface area contributed by atoms with Gasteiger partial charge in [-0.25, -0.2) is 0 Å². The van der Waals surface area contributed by atoms with Crippen LogP contribution in [0.3, 0.4) is 0 Å². The summed E-state index contributed by atoms with van der Waals surface area (Å²) in [5, 5.41) is 10.2. The Balaban J connectivity index is 1.38. The molecule has 0 radical (unpaired) electrons. The zero-order chi connectivity index (χ0) is 20.1. The maximum Gasteiger partial charge on any atom is 0.169 e. The van der Waals surface area contributed by atoms with Crippen molar-refractivity contribution >= 4 is 40.5 Å². The summed E-state index contributed by atoms with van der Waals surface area (Å²) < 4.78 is 2.05. The third-order valence-corrected chi connectivity index (χ3v) is 6.14. The molecule has 1 fully saturated rings. The van der Waals surface area contributed by atoms with Crippen LogP contribution in [0.15, 0.2) is 24.3 Å². The van der Waals surface area contributed by atoms with E-state index >= 15 is 0 Å². The van der Waals surface area contributed by atoms with E-state index in [1.165, 1.54) is 5.69 Å². The largest absolute Gasteiger partial charge is 0.362 e. The van der Waals surface area contributed by atoms with Gasteiger partial charge in [0.25, 0.3) is 0 Å². The highest BCUT2D eigenvalue weighted by Crippen LogP contribution is 2.26. The first-order valence-corrected chi connectivity index (χ1v) is 10.8. The molecule has 1 aliphatic heterocycles. The number of thiocarbonyl (C=S) groups is 1. The van der Waals surface area contributed by atoms with Crippen LogP contribution < -0.4 is 5.32 Å². The minimum atomic E-state index is 0.731. The van der Waals surface area contributed by atoms with Gasteiger partial charge in [0.05, 0.1) is 5.69 Å². The van der Waals surface area contributed by atoms with Gasteiger partial charge in [0, 0.05) is 67.1 Å². The fraction of sp³-hybridized carbons (Fsp3) is 0.500. The summed E-state index contributed by atoms with van der Waals surface area (Å²) in [5.74, 6) is 0. The first kappa shape index (κ1) is 21.4. The quantitative estimate of drug-likeness (QED) is 0.545. The Morgan fingerprint density at radius 2 is 1.82 bits per heavy atom. The van der Waals surface area contributed by atoms with E-state index in [0.717, 1.165) is 78.6 Å². The van der Waals surface area contributed by atoms with Crippen molar-refractivity contribution in [1.29, 1.82) is 0 Å². The lowest BCUT2D eigenvalue weighted by molar-refractivity contribution is 0.174. The van der Waals surface area contributed by atoms with E-state index in [4.69, 9.17) is 35.4 Å². The minimum Gasteiger partial charge on any atom is -0.362 e. The van der Waals surface area contributed by atoms with Gasteiger partial charge in [-0.05, 0) is 50.7 Å². The molecule has 0 amide bonds. The van der Waals surface area contributed by atoms with Gasteiger partial charge in [-0.2, -0.15) is 5.10 Å². The Labute approximate surface area is 182 Å². The second-order valence-electron chi connectivity index (χ2n) is 7.20. The zero-order valence-electron chi connectivity index (χ0n) is 16.4. The van der Waals surface area contributed by atoms with E-state index in [-0.39, 0.29) is 0 Å². The van der Waals surface area contributed by atoms with Crippen molar-refractivity contribution < 1.29 is 0 Å². The Hall–Kier alpha value is -1.34. The van der Waals surface area contributed by atoms with E-state index < -0.39 is 0 Å². The van der Waals surface area contributed by atoms with Crippen molar-refractivity contribution in [3.8, 4) is 0 Å². The Morgan fingerprint density at radius 3 is 2.43 bits per heavy atom. The highest BCUT2D eigenvalue weighted by molar-refractivity contribution is 7.80. The topological polar surface area (TPSA) is 36.3 Å². The Bertz CT molecular complexity index is 795. The lowest BCUT2D eigenvalue weighted by Crippen LogP contribution is -2.51. The van der Waals surface area contributed by atoms with Crippen LogP contribution in [0.25, 0.3) is 0 Å². The van der Waals surface area contributed by atoms with Gasteiger partial charge in [0.15, 0.2) is 5.11 Å². The highest BCUT2D eigenvalue weighted by atomic mass is 35.5. The molecular weight excluding hydrogens is 413 g/mol. The van der Waals surface area contributed by atoms with Crippen LogP contribution in [-0.4, -0.2) is 57.4 Å². The van der Waals surface area contributed by atoms with E-state index in [1.54, 1.807) is 0 Å². The second-order valence-corrected chi connectivity index (χ2v) is 8.40. The molecule has 1 N–H and O–H groups in total. The molecule has 8 heteroatoms. The van der Waals surface area contributed by atoms with Crippen molar-refractivity contribution in [2.45, 2.75) is 33.4 Å². The molecule has 0 bridgehead atoms. The number of aryl methyl sites for hydroxylation is 3. The third-order valence-electron chi connectivity index (χ3n) is 5.03. The maximum atomic E-state index is 6.30. The average Bonchev–Trinajstić information content (AvgIpc) is 2.99. The molecule has 152 valence electrons. The van der Waals surface area contributed by atoms with Crippen LogP contribution in [0.2, 0.25) is 10.0 Å². The summed E-state index contributed by atoms with van der Waals surface area (Å²) in [4.78, 5) is 4.61. The number of piperazine rings is 1. The van der Waals surface area contributed by atoms with Crippen LogP contribution in [-0.2, 0) is 13.1 Å². The van der Waals surface area contributed by atoms with Crippen molar-refractivity contribution in [1.82, 2.24) is 24.9 Å². The summed E-state index contributed by atoms with van der Waals surface area (Å²) >= 11 is 18.2. The molecule has 1 aromatic carbocycles. The first-order valence-electron chi connectivity index (χ1n) is 9.63. The molecule has 1 saturated heterocycles. The van der Waals surface area contributed by atoms with Gasteiger partial charge in [-0.3, -0.25) is 9.58 Å². The number of rotatable bonds is 6. The number of aromatic nitrogens is 2. The molecular formula is C20H27Cl2N5S. The fourth-order valence-electron chi connectivity index (χ4n) is 3.45. The van der Waals surface area contributed by atoms with Crippen LogP contribution >= 0.6 is 35.4 Å². The smallest absolute Gasteiger partial charge is 0.169 e. The number of hydrogen-bond acceptors (Lipinski definition) is 3. The summed E-state index contributed by atoms with van der Waals surface area (Å²) in [7, 11) is 0. The number of halogens is 2. The van der Waals surface area contributed by atoms with Crippen LogP contribution in [0.5, 0.6) is 0 Å². The molecule has 3 rings (SSSR count). The second kappa shape index (κ2) is 9.92. The summed E-state index contributed by atoms with van der Waals surface area (Å²) in [5.41, 5.74) is 3.27. The molecule has 0 unspecified atom stereocenters. The average molecular weight is 440 g/mol. The molecule has 1 aromatic heterocycles. The number of hydrogen-bond donors (Lipinski definition) is 1. The predicted octanol–water partition coefficient (Wildman–Crippen LogP) is 3.89.